The highest BCUT2D eigenvalue weighted by atomic mass is 19.4. The number of alkyl halides is 3. The van der Waals surface area contributed by atoms with E-state index in [1.54, 1.807) is 6.92 Å². The van der Waals surface area contributed by atoms with Crippen LogP contribution in [0, 0.1) is 17.3 Å². The van der Waals surface area contributed by atoms with Gasteiger partial charge in [0.2, 0.25) is 12.0 Å². The zero-order chi connectivity index (χ0) is 24.2. The van der Waals surface area contributed by atoms with Gasteiger partial charge >= 0.3 is 12.1 Å². The van der Waals surface area contributed by atoms with Gasteiger partial charge in [0.25, 0.3) is 0 Å². The summed E-state index contributed by atoms with van der Waals surface area (Å²) in [4.78, 5) is 13.0. The van der Waals surface area contributed by atoms with Gasteiger partial charge in [-0.3, -0.25) is 9.69 Å². The van der Waals surface area contributed by atoms with Crippen molar-refractivity contribution in [1.29, 1.82) is 0 Å². The number of aliphatic carboxylic acids is 1. The van der Waals surface area contributed by atoms with Gasteiger partial charge in [0, 0.05) is 30.9 Å². The summed E-state index contributed by atoms with van der Waals surface area (Å²) >= 11 is 0. The van der Waals surface area contributed by atoms with Crippen LogP contribution in [0.5, 0.6) is 0 Å². The topological polar surface area (TPSA) is 88.5 Å². The van der Waals surface area contributed by atoms with Crippen molar-refractivity contribution >= 4 is 5.97 Å². The standard InChI is InChI=1S/C23H34F3NO6/c1-14-6-7-16-15(12-27(13-17(29)30)10-4-5-11-28)18(23(24,25)26)31-19-22(16)20(14,2)8-9-21(3,32-19)33-22/h14,16,19,28H,4-13H2,1-3H3,(H,29,30)/t14-,16+,19-,20?,21-,22-/m1/s1. The first kappa shape index (κ1) is 24.8. The van der Waals surface area contributed by atoms with Gasteiger partial charge in [-0.15, -0.1) is 0 Å². The van der Waals surface area contributed by atoms with Crippen molar-refractivity contribution in [3.05, 3.63) is 11.3 Å². The Labute approximate surface area is 191 Å². The summed E-state index contributed by atoms with van der Waals surface area (Å²) in [5, 5.41) is 18.4. The Morgan fingerprint density at radius 3 is 2.58 bits per heavy atom. The Bertz CT molecular complexity index is 819. The highest BCUT2D eigenvalue weighted by Crippen LogP contribution is 2.69. The lowest BCUT2D eigenvalue weighted by Gasteiger charge is -2.61. The molecule has 2 N–H and O–H groups in total. The first-order valence-corrected chi connectivity index (χ1v) is 11.8. The lowest BCUT2D eigenvalue weighted by Crippen LogP contribution is -2.68. The number of allylic oxidation sites excluding steroid dienone is 1. The summed E-state index contributed by atoms with van der Waals surface area (Å²) in [7, 11) is 0. The molecule has 3 aliphatic heterocycles. The van der Waals surface area contributed by atoms with Gasteiger partial charge in [-0.05, 0) is 57.1 Å². The zero-order valence-corrected chi connectivity index (χ0v) is 19.4. The SMILES string of the molecule is C[C@@H]1CC[C@H]2C(CN(CCCCO)CC(=O)O)=C(C(F)(F)F)O[C@@H]3O[C@@]4(C)CCC1(C)[C@]32O4. The molecule has 4 rings (SSSR count). The number of nitrogens with zero attached hydrogens (tertiary/aromatic N) is 1. The van der Waals surface area contributed by atoms with Crippen LogP contribution >= 0.6 is 0 Å². The maximum Gasteiger partial charge on any atom is 0.449 e. The Morgan fingerprint density at radius 1 is 1.21 bits per heavy atom. The fourth-order valence-electron chi connectivity index (χ4n) is 6.55. The number of hydrogen-bond acceptors (Lipinski definition) is 6. The zero-order valence-electron chi connectivity index (χ0n) is 19.4. The molecule has 3 heterocycles. The summed E-state index contributed by atoms with van der Waals surface area (Å²) in [6.45, 7) is 5.56. The smallest absolute Gasteiger partial charge is 0.449 e. The van der Waals surface area contributed by atoms with Gasteiger partial charge in [0.1, 0.15) is 5.60 Å². The average molecular weight is 478 g/mol. The normalized spacial score (nSPS) is 40.1. The lowest BCUT2D eigenvalue weighted by molar-refractivity contribution is -0.283. The molecular weight excluding hydrogens is 443 g/mol. The van der Waals surface area contributed by atoms with Crippen molar-refractivity contribution in [3.63, 3.8) is 0 Å². The van der Waals surface area contributed by atoms with Gasteiger partial charge < -0.3 is 24.4 Å². The number of ether oxygens (including phenoxy) is 3. The molecule has 1 aliphatic carbocycles. The highest BCUT2D eigenvalue weighted by molar-refractivity contribution is 5.69. The second-order valence-corrected chi connectivity index (χ2v) is 10.4. The molecule has 6 atom stereocenters. The van der Waals surface area contributed by atoms with Gasteiger partial charge in [-0.1, -0.05) is 13.8 Å². The number of aliphatic hydroxyl groups excluding tert-OH is 1. The Hall–Kier alpha value is -1.36. The Balaban J connectivity index is 1.78. The molecule has 2 saturated heterocycles. The molecule has 1 unspecified atom stereocenters. The molecule has 0 aromatic rings. The van der Waals surface area contributed by atoms with Crippen molar-refractivity contribution in [3.8, 4) is 0 Å². The first-order chi connectivity index (χ1) is 15.4. The second kappa shape index (κ2) is 8.39. The van der Waals surface area contributed by atoms with Crippen LogP contribution in [0.1, 0.15) is 59.3 Å². The van der Waals surface area contributed by atoms with Crippen LogP contribution in [-0.4, -0.2) is 71.2 Å². The van der Waals surface area contributed by atoms with E-state index in [9.17, 15) is 23.1 Å². The number of fused-ring (bicyclic) bond motifs is 1. The van der Waals surface area contributed by atoms with E-state index >= 15 is 0 Å². The van der Waals surface area contributed by atoms with Crippen molar-refractivity contribution in [2.24, 2.45) is 17.3 Å². The third kappa shape index (κ3) is 3.96. The molecule has 188 valence electrons. The van der Waals surface area contributed by atoms with Crippen LogP contribution in [0.25, 0.3) is 0 Å². The number of carboxylic acids is 1. The maximum atomic E-state index is 14.3. The summed E-state index contributed by atoms with van der Waals surface area (Å²) in [5.74, 6) is -3.58. The van der Waals surface area contributed by atoms with Crippen LogP contribution in [0.4, 0.5) is 13.2 Å². The first-order valence-electron chi connectivity index (χ1n) is 11.8. The summed E-state index contributed by atoms with van der Waals surface area (Å²) < 4.78 is 61.0. The van der Waals surface area contributed by atoms with Gasteiger partial charge in [-0.25, -0.2) is 0 Å². The molecule has 4 aliphatic rings. The maximum absolute atomic E-state index is 14.3. The minimum absolute atomic E-state index is 0.0527. The Kier molecular flexibility index (Phi) is 6.29. The number of unbranched alkanes of at least 4 members (excludes halogenated alkanes) is 1. The number of carbonyl (C=O) groups is 1. The predicted molar refractivity (Wildman–Crippen MR) is 111 cm³/mol. The quantitative estimate of drug-likeness (QED) is 0.516. The number of aliphatic hydroxyl groups is 1. The molecule has 1 saturated carbocycles. The van der Waals surface area contributed by atoms with Gasteiger partial charge in [0.15, 0.2) is 5.79 Å². The number of halogens is 3. The fourth-order valence-corrected chi connectivity index (χ4v) is 6.55. The molecule has 2 bridgehead atoms. The fraction of sp³-hybridized carbons (Fsp3) is 0.870. The average Bonchev–Trinajstić information content (AvgIpc) is 2.97. The van der Waals surface area contributed by atoms with E-state index in [1.165, 1.54) is 4.90 Å². The van der Waals surface area contributed by atoms with Crippen LogP contribution in [0.2, 0.25) is 0 Å². The third-order valence-corrected chi connectivity index (χ3v) is 8.41. The monoisotopic (exact) mass is 477 g/mol. The van der Waals surface area contributed by atoms with E-state index in [0.717, 1.165) is 12.8 Å². The summed E-state index contributed by atoms with van der Waals surface area (Å²) in [5.41, 5.74) is -1.44. The van der Waals surface area contributed by atoms with Crippen LogP contribution in [0.15, 0.2) is 11.3 Å². The van der Waals surface area contributed by atoms with Gasteiger partial charge in [-0.2, -0.15) is 13.2 Å². The minimum atomic E-state index is -4.74. The van der Waals surface area contributed by atoms with E-state index < -0.39 is 53.5 Å². The molecule has 10 heteroatoms. The molecule has 0 aromatic carbocycles. The van der Waals surface area contributed by atoms with Crippen molar-refractivity contribution < 1.29 is 42.4 Å². The Morgan fingerprint density at radius 2 is 1.94 bits per heavy atom. The van der Waals surface area contributed by atoms with E-state index in [1.807, 2.05) is 0 Å². The molecule has 0 aromatic heterocycles. The van der Waals surface area contributed by atoms with Crippen molar-refractivity contribution in [2.45, 2.75) is 83.2 Å². The molecule has 33 heavy (non-hydrogen) atoms. The molecule has 1 spiro atoms. The minimum Gasteiger partial charge on any atom is -0.480 e. The van der Waals surface area contributed by atoms with E-state index in [-0.39, 0.29) is 31.2 Å². The number of rotatable bonds is 8. The molecule has 3 fully saturated rings. The third-order valence-electron chi connectivity index (χ3n) is 8.41. The van der Waals surface area contributed by atoms with Crippen LogP contribution in [-0.2, 0) is 19.0 Å². The predicted octanol–water partition coefficient (Wildman–Crippen LogP) is 3.67. The van der Waals surface area contributed by atoms with Gasteiger partial charge in [0.05, 0.1) is 6.54 Å². The largest absolute Gasteiger partial charge is 0.480 e. The van der Waals surface area contributed by atoms with Crippen molar-refractivity contribution in [1.82, 2.24) is 4.90 Å². The summed E-state index contributed by atoms with van der Waals surface area (Å²) in [6.07, 6.45) is -2.42. The lowest BCUT2D eigenvalue weighted by atomic mass is 9.50. The molecule has 0 amide bonds. The molecule has 0 radical (unpaired) electrons. The molecular formula is C23H34F3NO6. The van der Waals surface area contributed by atoms with Crippen molar-refractivity contribution in [2.75, 3.05) is 26.2 Å². The van der Waals surface area contributed by atoms with E-state index in [4.69, 9.17) is 19.3 Å². The molecule has 7 nitrogen and oxygen atoms in total. The highest BCUT2D eigenvalue weighted by Gasteiger charge is 2.76. The summed E-state index contributed by atoms with van der Waals surface area (Å²) in [6, 6.07) is 0. The van der Waals surface area contributed by atoms with E-state index in [2.05, 4.69) is 13.8 Å². The second-order valence-electron chi connectivity index (χ2n) is 10.4. The van der Waals surface area contributed by atoms with E-state index in [0.29, 0.717) is 25.7 Å². The van der Waals surface area contributed by atoms with Crippen LogP contribution < -0.4 is 0 Å². The van der Waals surface area contributed by atoms with Crippen LogP contribution in [0.3, 0.4) is 0 Å². The number of hydrogen-bond donors (Lipinski definition) is 2. The number of carboxylic acid groups (broad SMARTS) is 1.